The Hall–Kier alpha value is -1.19. The second kappa shape index (κ2) is 7.41. The normalized spacial score (nSPS) is 10.4. The molecule has 0 atom stereocenters. The van der Waals surface area contributed by atoms with Crippen LogP contribution in [0.2, 0.25) is 5.02 Å². The zero-order valence-corrected chi connectivity index (χ0v) is 12.5. The summed E-state index contributed by atoms with van der Waals surface area (Å²) < 4.78 is 0. The number of hydrogen-bond acceptors (Lipinski definition) is 3. The molecule has 1 aromatic heterocycles. The second-order valence-corrected chi connectivity index (χ2v) is 5.56. The summed E-state index contributed by atoms with van der Waals surface area (Å²) in [7, 11) is 0. The molecule has 0 unspecified atom stereocenters. The Bertz CT molecular complexity index is 514. The SMILES string of the molecule is CCNc1ccc(CSCc2ccccc2Cl)cn1. The number of pyridine rings is 1. The molecule has 2 aromatic rings. The summed E-state index contributed by atoms with van der Waals surface area (Å²) >= 11 is 7.98. The van der Waals surface area contributed by atoms with E-state index in [1.54, 1.807) is 0 Å². The highest BCUT2D eigenvalue weighted by Crippen LogP contribution is 2.23. The molecule has 0 bridgehead atoms. The molecule has 0 saturated heterocycles. The van der Waals surface area contributed by atoms with Crippen molar-refractivity contribution in [3.8, 4) is 0 Å². The van der Waals surface area contributed by atoms with E-state index in [9.17, 15) is 0 Å². The predicted molar refractivity (Wildman–Crippen MR) is 84.9 cm³/mol. The lowest BCUT2D eigenvalue weighted by molar-refractivity contribution is 1.14. The van der Waals surface area contributed by atoms with Crippen LogP contribution in [-0.2, 0) is 11.5 Å². The fourth-order valence-corrected chi connectivity index (χ4v) is 2.95. The molecule has 0 saturated carbocycles. The van der Waals surface area contributed by atoms with Gasteiger partial charge in [-0.1, -0.05) is 35.9 Å². The number of aromatic nitrogens is 1. The maximum atomic E-state index is 6.13. The fraction of sp³-hybridized carbons (Fsp3) is 0.267. The Kier molecular flexibility index (Phi) is 5.55. The lowest BCUT2D eigenvalue weighted by atomic mass is 10.2. The van der Waals surface area contributed by atoms with Crippen molar-refractivity contribution in [1.82, 2.24) is 4.98 Å². The molecule has 0 aliphatic heterocycles. The smallest absolute Gasteiger partial charge is 0.125 e. The second-order valence-electron chi connectivity index (χ2n) is 4.17. The Morgan fingerprint density at radius 1 is 1.16 bits per heavy atom. The van der Waals surface area contributed by atoms with Gasteiger partial charge in [0.2, 0.25) is 0 Å². The quantitative estimate of drug-likeness (QED) is 0.842. The molecule has 0 fully saturated rings. The fourth-order valence-electron chi connectivity index (χ4n) is 1.69. The van der Waals surface area contributed by atoms with Gasteiger partial charge in [-0.2, -0.15) is 11.8 Å². The Morgan fingerprint density at radius 2 is 2.00 bits per heavy atom. The van der Waals surface area contributed by atoms with Gasteiger partial charge in [0, 0.05) is 29.3 Å². The minimum Gasteiger partial charge on any atom is -0.370 e. The Balaban J connectivity index is 1.84. The topological polar surface area (TPSA) is 24.9 Å². The average molecular weight is 293 g/mol. The van der Waals surface area contributed by atoms with E-state index < -0.39 is 0 Å². The van der Waals surface area contributed by atoms with Crippen molar-refractivity contribution in [2.24, 2.45) is 0 Å². The molecule has 1 N–H and O–H groups in total. The van der Waals surface area contributed by atoms with Gasteiger partial charge < -0.3 is 5.32 Å². The van der Waals surface area contributed by atoms with E-state index >= 15 is 0 Å². The first-order chi connectivity index (χ1) is 9.29. The van der Waals surface area contributed by atoms with Crippen LogP contribution in [-0.4, -0.2) is 11.5 Å². The number of nitrogens with zero attached hydrogens (tertiary/aromatic N) is 1. The van der Waals surface area contributed by atoms with Crippen LogP contribution in [0.15, 0.2) is 42.6 Å². The van der Waals surface area contributed by atoms with Crippen LogP contribution in [0.4, 0.5) is 5.82 Å². The minimum absolute atomic E-state index is 0.843. The van der Waals surface area contributed by atoms with E-state index in [0.29, 0.717) is 0 Å². The molecule has 0 aliphatic rings. The Morgan fingerprint density at radius 3 is 2.68 bits per heavy atom. The summed E-state index contributed by atoms with van der Waals surface area (Å²) in [5.41, 5.74) is 2.42. The minimum atomic E-state index is 0.843. The monoisotopic (exact) mass is 292 g/mol. The summed E-state index contributed by atoms with van der Waals surface area (Å²) in [4.78, 5) is 4.36. The van der Waals surface area contributed by atoms with Gasteiger partial charge in [-0.25, -0.2) is 4.98 Å². The Labute approximate surface area is 123 Å². The third-order valence-corrected chi connectivity index (χ3v) is 4.09. The van der Waals surface area contributed by atoms with Crippen molar-refractivity contribution in [3.05, 3.63) is 58.7 Å². The molecule has 19 heavy (non-hydrogen) atoms. The van der Waals surface area contributed by atoms with Crippen molar-refractivity contribution in [2.75, 3.05) is 11.9 Å². The number of thioether (sulfide) groups is 1. The van der Waals surface area contributed by atoms with E-state index in [2.05, 4.69) is 29.4 Å². The largest absolute Gasteiger partial charge is 0.370 e. The molecule has 0 amide bonds. The number of hydrogen-bond donors (Lipinski definition) is 1. The zero-order chi connectivity index (χ0) is 13.5. The van der Waals surface area contributed by atoms with Crippen LogP contribution in [0.1, 0.15) is 18.1 Å². The zero-order valence-electron chi connectivity index (χ0n) is 10.9. The first-order valence-electron chi connectivity index (χ1n) is 6.29. The lowest BCUT2D eigenvalue weighted by Crippen LogP contribution is -1.98. The van der Waals surface area contributed by atoms with Gasteiger partial charge in [0.1, 0.15) is 5.82 Å². The van der Waals surface area contributed by atoms with Gasteiger partial charge in [-0.3, -0.25) is 0 Å². The molecule has 1 aromatic carbocycles. The number of benzene rings is 1. The molecule has 2 rings (SSSR count). The van der Waals surface area contributed by atoms with Crippen LogP contribution in [0.5, 0.6) is 0 Å². The molecule has 0 radical (unpaired) electrons. The molecule has 1 heterocycles. The van der Waals surface area contributed by atoms with E-state index in [0.717, 1.165) is 28.9 Å². The van der Waals surface area contributed by atoms with E-state index in [1.165, 1.54) is 11.1 Å². The van der Waals surface area contributed by atoms with Gasteiger partial charge in [0.15, 0.2) is 0 Å². The van der Waals surface area contributed by atoms with Crippen LogP contribution in [0.25, 0.3) is 0 Å². The summed E-state index contributed by atoms with van der Waals surface area (Å²) in [6, 6.07) is 12.1. The van der Waals surface area contributed by atoms with Crippen molar-refractivity contribution < 1.29 is 0 Å². The van der Waals surface area contributed by atoms with Gasteiger partial charge in [-0.15, -0.1) is 0 Å². The van der Waals surface area contributed by atoms with E-state index in [4.69, 9.17) is 11.6 Å². The van der Waals surface area contributed by atoms with Crippen molar-refractivity contribution in [1.29, 1.82) is 0 Å². The van der Waals surface area contributed by atoms with Crippen LogP contribution >= 0.6 is 23.4 Å². The van der Waals surface area contributed by atoms with Gasteiger partial charge in [0.05, 0.1) is 0 Å². The standard InChI is InChI=1S/C15H17ClN2S/c1-2-17-15-8-7-12(9-18-15)10-19-11-13-5-3-4-6-14(13)16/h3-9H,2,10-11H2,1H3,(H,17,18). The predicted octanol–water partition coefficient (Wildman–Crippen LogP) is 4.60. The van der Waals surface area contributed by atoms with Crippen molar-refractivity contribution in [2.45, 2.75) is 18.4 Å². The van der Waals surface area contributed by atoms with Crippen molar-refractivity contribution >= 4 is 29.2 Å². The summed E-state index contributed by atoms with van der Waals surface area (Å²) in [6.07, 6.45) is 1.93. The first kappa shape index (κ1) is 14.2. The summed E-state index contributed by atoms with van der Waals surface area (Å²) in [5.74, 6) is 2.81. The molecule has 0 spiro atoms. The maximum absolute atomic E-state index is 6.13. The number of nitrogens with one attached hydrogen (secondary N) is 1. The van der Waals surface area contributed by atoms with Crippen LogP contribution < -0.4 is 5.32 Å². The van der Waals surface area contributed by atoms with Crippen LogP contribution in [0.3, 0.4) is 0 Å². The van der Waals surface area contributed by atoms with E-state index in [1.807, 2.05) is 42.2 Å². The van der Waals surface area contributed by atoms with Gasteiger partial charge in [0.25, 0.3) is 0 Å². The highest BCUT2D eigenvalue weighted by molar-refractivity contribution is 7.97. The molecule has 100 valence electrons. The third kappa shape index (κ3) is 4.44. The maximum Gasteiger partial charge on any atom is 0.125 e. The molecular formula is C15H17ClN2S. The van der Waals surface area contributed by atoms with Crippen molar-refractivity contribution in [3.63, 3.8) is 0 Å². The third-order valence-electron chi connectivity index (χ3n) is 2.67. The van der Waals surface area contributed by atoms with E-state index in [-0.39, 0.29) is 0 Å². The van der Waals surface area contributed by atoms with Gasteiger partial charge in [-0.05, 0) is 30.2 Å². The number of rotatable bonds is 6. The number of halogens is 1. The summed E-state index contributed by atoms with van der Waals surface area (Å²) in [5, 5.41) is 4.03. The highest BCUT2D eigenvalue weighted by Gasteiger charge is 2.00. The first-order valence-corrected chi connectivity index (χ1v) is 7.83. The average Bonchev–Trinajstić information content (AvgIpc) is 2.43. The molecular weight excluding hydrogens is 276 g/mol. The molecule has 0 aliphatic carbocycles. The molecule has 4 heteroatoms. The van der Waals surface area contributed by atoms with Gasteiger partial charge >= 0.3 is 0 Å². The number of anilines is 1. The van der Waals surface area contributed by atoms with Crippen LogP contribution in [0, 0.1) is 0 Å². The summed E-state index contributed by atoms with van der Waals surface area (Å²) in [6.45, 7) is 2.96. The lowest BCUT2D eigenvalue weighted by Gasteiger charge is -2.05. The highest BCUT2D eigenvalue weighted by atomic mass is 35.5. The molecule has 2 nitrogen and oxygen atoms in total.